The molecule has 2 N–H and O–H groups in total. The van der Waals surface area contributed by atoms with Crippen molar-refractivity contribution in [1.82, 2.24) is 15.4 Å². The third-order valence-electron chi connectivity index (χ3n) is 5.33. The zero-order valence-corrected chi connectivity index (χ0v) is 15.2. The molecule has 1 amide bonds. The van der Waals surface area contributed by atoms with E-state index in [0.29, 0.717) is 22.9 Å². The van der Waals surface area contributed by atoms with Gasteiger partial charge in [0.05, 0.1) is 5.69 Å². The summed E-state index contributed by atoms with van der Waals surface area (Å²) in [5.74, 6) is 1.10. The van der Waals surface area contributed by atoms with Crippen molar-refractivity contribution in [2.45, 2.75) is 44.2 Å². The molecule has 7 heteroatoms. The van der Waals surface area contributed by atoms with E-state index in [0.717, 1.165) is 18.5 Å². The quantitative estimate of drug-likeness (QED) is 0.806. The first-order valence-electron chi connectivity index (χ1n) is 9.09. The van der Waals surface area contributed by atoms with Crippen molar-refractivity contribution in [3.63, 3.8) is 0 Å². The minimum Gasteiger partial charge on any atom is -0.325 e. The van der Waals surface area contributed by atoms with Crippen molar-refractivity contribution >= 4 is 29.1 Å². The number of nitrogens with zero attached hydrogens (tertiary/aromatic N) is 3. The van der Waals surface area contributed by atoms with Gasteiger partial charge < -0.3 is 4.90 Å². The van der Waals surface area contributed by atoms with E-state index in [1.807, 2.05) is 12.1 Å². The predicted molar refractivity (Wildman–Crippen MR) is 102 cm³/mol. The third-order valence-corrected chi connectivity index (χ3v) is 5.56. The molecule has 0 spiro atoms. The summed E-state index contributed by atoms with van der Waals surface area (Å²) in [6, 6.07) is 9.14. The van der Waals surface area contributed by atoms with Gasteiger partial charge in [0.15, 0.2) is 0 Å². The maximum atomic E-state index is 12.9. The van der Waals surface area contributed by atoms with Gasteiger partial charge in [-0.3, -0.25) is 15.6 Å². The Kier molecular flexibility index (Phi) is 4.93. The van der Waals surface area contributed by atoms with Gasteiger partial charge in [0.1, 0.15) is 6.04 Å². The molecule has 2 heterocycles. The lowest BCUT2D eigenvalue weighted by molar-refractivity contribution is -0.121. The number of hydrazine groups is 1. The molecule has 1 aromatic carbocycles. The lowest BCUT2D eigenvalue weighted by atomic mass is 9.85. The van der Waals surface area contributed by atoms with Crippen molar-refractivity contribution in [3.8, 4) is 0 Å². The van der Waals surface area contributed by atoms with Crippen LogP contribution in [0.5, 0.6) is 0 Å². The van der Waals surface area contributed by atoms with Crippen LogP contribution in [0.1, 0.15) is 32.1 Å². The van der Waals surface area contributed by atoms with Crippen LogP contribution >= 0.6 is 11.6 Å². The molecule has 2 fully saturated rings. The zero-order valence-electron chi connectivity index (χ0n) is 14.4. The Bertz CT molecular complexity index is 772. The SMILES string of the molecule is O=C(NNc1cccc(Cl)c1)C1CC2CCCCC2N1c1ncccn1. The van der Waals surface area contributed by atoms with Gasteiger partial charge in [-0.1, -0.05) is 30.5 Å². The zero-order chi connectivity index (χ0) is 17.9. The Morgan fingerprint density at radius 3 is 2.77 bits per heavy atom. The van der Waals surface area contributed by atoms with Gasteiger partial charge in [-0.05, 0) is 49.4 Å². The van der Waals surface area contributed by atoms with Crippen LogP contribution in [0.25, 0.3) is 0 Å². The summed E-state index contributed by atoms with van der Waals surface area (Å²) in [5, 5.41) is 0.621. The lowest BCUT2D eigenvalue weighted by Crippen LogP contribution is -2.48. The van der Waals surface area contributed by atoms with E-state index in [1.165, 1.54) is 19.3 Å². The number of hydrogen-bond acceptors (Lipinski definition) is 5. The van der Waals surface area contributed by atoms with Gasteiger partial charge >= 0.3 is 0 Å². The molecule has 1 aromatic heterocycles. The summed E-state index contributed by atoms with van der Waals surface area (Å²) in [5.41, 5.74) is 6.55. The number of rotatable bonds is 4. The van der Waals surface area contributed by atoms with Crippen molar-refractivity contribution in [3.05, 3.63) is 47.7 Å². The second-order valence-electron chi connectivity index (χ2n) is 6.94. The Morgan fingerprint density at radius 1 is 1.15 bits per heavy atom. The summed E-state index contributed by atoms with van der Waals surface area (Å²) in [4.78, 5) is 23.9. The average molecular weight is 372 g/mol. The fraction of sp³-hybridized carbons (Fsp3) is 0.421. The van der Waals surface area contributed by atoms with Crippen molar-refractivity contribution in [2.24, 2.45) is 5.92 Å². The van der Waals surface area contributed by atoms with Gasteiger partial charge in [-0.2, -0.15) is 0 Å². The molecule has 136 valence electrons. The monoisotopic (exact) mass is 371 g/mol. The molecule has 2 aliphatic rings. The fourth-order valence-corrected chi connectivity index (χ4v) is 4.38. The topological polar surface area (TPSA) is 70.2 Å². The number of anilines is 2. The molecule has 1 saturated heterocycles. The number of nitrogens with one attached hydrogen (secondary N) is 2. The Balaban J connectivity index is 1.52. The molecule has 26 heavy (non-hydrogen) atoms. The molecule has 1 saturated carbocycles. The number of carbonyl (C=O) groups is 1. The molecule has 0 radical (unpaired) electrons. The number of benzene rings is 1. The third kappa shape index (κ3) is 3.46. The molecule has 1 aliphatic carbocycles. The van der Waals surface area contributed by atoms with Crippen LogP contribution in [0, 0.1) is 5.92 Å². The van der Waals surface area contributed by atoms with E-state index in [1.54, 1.807) is 30.6 Å². The highest BCUT2D eigenvalue weighted by molar-refractivity contribution is 6.30. The molecule has 1 aliphatic heterocycles. The van der Waals surface area contributed by atoms with Crippen LogP contribution in [-0.2, 0) is 4.79 Å². The van der Waals surface area contributed by atoms with Gasteiger partial charge in [0.2, 0.25) is 5.95 Å². The number of amides is 1. The van der Waals surface area contributed by atoms with Gasteiger partial charge in [-0.15, -0.1) is 0 Å². The number of carbonyl (C=O) groups excluding carboxylic acids is 1. The highest BCUT2D eigenvalue weighted by Gasteiger charge is 2.46. The van der Waals surface area contributed by atoms with Crippen LogP contribution < -0.4 is 15.8 Å². The van der Waals surface area contributed by atoms with Gasteiger partial charge in [0, 0.05) is 23.5 Å². The molecular formula is C19H22ClN5O. The second kappa shape index (κ2) is 7.50. The molecule has 2 aromatic rings. The van der Waals surface area contributed by atoms with Crippen LogP contribution in [0.2, 0.25) is 5.02 Å². The Morgan fingerprint density at radius 2 is 1.96 bits per heavy atom. The smallest absolute Gasteiger partial charge is 0.261 e. The molecular weight excluding hydrogens is 350 g/mol. The van der Waals surface area contributed by atoms with E-state index in [4.69, 9.17) is 11.6 Å². The second-order valence-corrected chi connectivity index (χ2v) is 7.38. The lowest BCUT2D eigenvalue weighted by Gasteiger charge is -2.33. The molecule has 3 atom stereocenters. The van der Waals surface area contributed by atoms with Crippen molar-refractivity contribution < 1.29 is 4.79 Å². The standard InChI is InChI=1S/C19H22ClN5O/c20-14-6-3-7-15(12-14)23-24-18(26)17-11-13-5-1-2-8-16(13)25(17)19-21-9-4-10-22-19/h3-4,6-7,9-10,12-13,16-17,23H,1-2,5,8,11H2,(H,24,26). The molecule has 6 nitrogen and oxygen atoms in total. The van der Waals surface area contributed by atoms with E-state index in [2.05, 4.69) is 25.7 Å². The number of hydrogen-bond donors (Lipinski definition) is 2. The van der Waals surface area contributed by atoms with E-state index < -0.39 is 0 Å². The van der Waals surface area contributed by atoms with Crippen molar-refractivity contribution in [1.29, 1.82) is 0 Å². The van der Waals surface area contributed by atoms with E-state index >= 15 is 0 Å². The number of fused-ring (bicyclic) bond motifs is 1. The fourth-order valence-electron chi connectivity index (χ4n) is 4.19. The minimum atomic E-state index is -0.266. The molecule has 4 rings (SSSR count). The summed E-state index contributed by atoms with van der Waals surface area (Å²) < 4.78 is 0. The summed E-state index contributed by atoms with van der Waals surface area (Å²) >= 11 is 6.00. The van der Waals surface area contributed by atoms with Crippen LogP contribution in [0.3, 0.4) is 0 Å². The summed E-state index contributed by atoms with van der Waals surface area (Å²) in [6.45, 7) is 0. The largest absolute Gasteiger partial charge is 0.325 e. The highest BCUT2D eigenvalue weighted by atomic mass is 35.5. The normalized spacial score (nSPS) is 24.8. The first kappa shape index (κ1) is 17.1. The summed E-state index contributed by atoms with van der Waals surface area (Å²) in [6.07, 6.45) is 8.99. The van der Waals surface area contributed by atoms with Gasteiger partial charge in [-0.25, -0.2) is 9.97 Å². The molecule has 0 bridgehead atoms. The summed E-state index contributed by atoms with van der Waals surface area (Å²) in [7, 11) is 0. The Labute approximate surface area is 157 Å². The maximum Gasteiger partial charge on any atom is 0.261 e. The Hall–Kier alpha value is -2.34. The van der Waals surface area contributed by atoms with Crippen LogP contribution in [0.4, 0.5) is 11.6 Å². The van der Waals surface area contributed by atoms with E-state index in [-0.39, 0.29) is 11.9 Å². The first-order chi connectivity index (χ1) is 12.7. The maximum absolute atomic E-state index is 12.9. The minimum absolute atomic E-state index is 0.0631. The van der Waals surface area contributed by atoms with Crippen molar-refractivity contribution in [2.75, 3.05) is 10.3 Å². The highest BCUT2D eigenvalue weighted by Crippen LogP contribution is 2.41. The molecule has 3 unspecified atom stereocenters. The predicted octanol–water partition coefficient (Wildman–Crippen LogP) is 3.41. The average Bonchev–Trinajstić information content (AvgIpc) is 3.06. The first-order valence-corrected chi connectivity index (χ1v) is 9.47. The van der Waals surface area contributed by atoms with Gasteiger partial charge in [0.25, 0.3) is 5.91 Å². The number of halogens is 1. The van der Waals surface area contributed by atoms with Crippen LogP contribution in [0.15, 0.2) is 42.7 Å². The van der Waals surface area contributed by atoms with E-state index in [9.17, 15) is 4.79 Å². The van der Waals surface area contributed by atoms with Crippen LogP contribution in [-0.4, -0.2) is 28.0 Å². The number of aromatic nitrogens is 2.